The van der Waals surface area contributed by atoms with Gasteiger partial charge in [-0.15, -0.1) is 0 Å². The Labute approximate surface area is 169 Å². The molecule has 5 nitrogen and oxygen atoms in total. The molecule has 28 heavy (non-hydrogen) atoms. The monoisotopic (exact) mass is 404 g/mol. The van der Waals surface area contributed by atoms with E-state index in [9.17, 15) is 13.2 Å². The summed E-state index contributed by atoms with van der Waals surface area (Å²) in [5, 5.41) is 3.01. The van der Waals surface area contributed by atoms with E-state index in [1.165, 1.54) is 5.57 Å². The van der Waals surface area contributed by atoms with E-state index >= 15 is 0 Å². The highest BCUT2D eigenvalue weighted by Gasteiger charge is 2.60. The molecule has 1 N–H and O–H groups in total. The lowest BCUT2D eigenvalue weighted by molar-refractivity contribution is -0.123. The van der Waals surface area contributed by atoms with Crippen LogP contribution in [0.1, 0.15) is 52.5 Å². The van der Waals surface area contributed by atoms with Gasteiger partial charge in [0, 0.05) is 19.6 Å². The summed E-state index contributed by atoms with van der Waals surface area (Å²) in [5.41, 5.74) is 2.13. The molecule has 6 heteroatoms. The first-order chi connectivity index (χ1) is 13.1. The van der Waals surface area contributed by atoms with Gasteiger partial charge >= 0.3 is 0 Å². The van der Waals surface area contributed by atoms with Gasteiger partial charge in [-0.3, -0.25) is 4.79 Å². The fourth-order valence-electron chi connectivity index (χ4n) is 4.18. The number of piperidine rings is 1. The number of amides is 1. The van der Waals surface area contributed by atoms with Crippen LogP contribution in [0.5, 0.6) is 0 Å². The maximum atomic E-state index is 12.7. The smallest absolute Gasteiger partial charge is 0.243 e. The number of sulfonamides is 1. The maximum absolute atomic E-state index is 12.7. The SMILES string of the molecule is CC(C)=CC1C(C(=O)NCc2ccc(S(=O)(=O)N3CCCCC3)cc2)C1(C)C. The molecule has 1 amide bonds. The zero-order valence-electron chi connectivity index (χ0n) is 17.4. The minimum atomic E-state index is -3.41. The topological polar surface area (TPSA) is 66.5 Å². The van der Waals surface area contributed by atoms with Crippen molar-refractivity contribution in [2.75, 3.05) is 13.1 Å². The van der Waals surface area contributed by atoms with Gasteiger partial charge in [-0.1, -0.05) is 44.1 Å². The highest BCUT2D eigenvalue weighted by Crippen LogP contribution is 2.59. The van der Waals surface area contributed by atoms with Crippen molar-refractivity contribution < 1.29 is 13.2 Å². The summed E-state index contributed by atoms with van der Waals surface area (Å²) in [4.78, 5) is 12.9. The molecule has 1 aromatic carbocycles. The molecule has 2 atom stereocenters. The number of benzene rings is 1. The number of carbonyl (C=O) groups excluding carboxylic acids is 1. The minimum absolute atomic E-state index is 0.00107. The van der Waals surface area contributed by atoms with E-state index in [1.54, 1.807) is 28.6 Å². The van der Waals surface area contributed by atoms with E-state index in [-0.39, 0.29) is 23.2 Å². The zero-order chi connectivity index (χ0) is 20.5. The molecule has 1 aliphatic carbocycles. The van der Waals surface area contributed by atoms with E-state index in [2.05, 4.69) is 39.1 Å². The number of hydrogen-bond donors (Lipinski definition) is 1. The Morgan fingerprint density at radius 3 is 2.32 bits per heavy atom. The number of carbonyl (C=O) groups is 1. The lowest BCUT2D eigenvalue weighted by atomic mass is 10.1. The molecule has 3 rings (SSSR count). The van der Waals surface area contributed by atoms with Crippen LogP contribution in [-0.2, 0) is 21.4 Å². The highest BCUT2D eigenvalue weighted by atomic mass is 32.2. The Bertz CT molecular complexity index is 846. The zero-order valence-corrected chi connectivity index (χ0v) is 18.2. The van der Waals surface area contributed by atoms with Gasteiger partial charge in [-0.25, -0.2) is 8.42 Å². The lowest BCUT2D eigenvalue weighted by Gasteiger charge is -2.25. The average Bonchev–Trinajstić information content (AvgIpc) is 3.20. The van der Waals surface area contributed by atoms with Crippen molar-refractivity contribution in [3.05, 3.63) is 41.5 Å². The molecule has 2 fully saturated rings. The second kappa shape index (κ2) is 7.99. The van der Waals surface area contributed by atoms with E-state index < -0.39 is 10.0 Å². The van der Waals surface area contributed by atoms with Crippen LogP contribution in [0.2, 0.25) is 0 Å². The first kappa shape index (κ1) is 21.1. The molecule has 0 aromatic heterocycles. The molecule has 2 unspecified atom stereocenters. The number of allylic oxidation sites excluding steroid dienone is 2. The third-order valence-electron chi connectivity index (χ3n) is 6.05. The Hall–Kier alpha value is -1.66. The van der Waals surface area contributed by atoms with Gasteiger partial charge < -0.3 is 5.32 Å². The van der Waals surface area contributed by atoms with E-state index in [0.29, 0.717) is 24.5 Å². The van der Waals surface area contributed by atoms with E-state index in [4.69, 9.17) is 0 Å². The summed E-state index contributed by atoms with van der Waals surface area (Å²) in [5.74, 6) is 0.355. The lowest BCUT2D eigenvalue weighted by Crippen LogP contribution is -2.35. The van der Waals surface area contributed by atoms with Crippen molar-refractivity contribution in [2.45, 2.75) is 58.4 Å². The summed E-state index contributed by atoms with van der Waals surface area (Å²) in [6.45, 7) is 9.99. The van der Waals surface area contributed by atoms with Crippen LogP contribution in [0.4, 0.5) is 0 Å². The predicted octanol–water partition coefficient (Wildman–Crippen LogP) is 3.72. The molecule has 0 bridgehead atoms. The molecule has 1 saturated carbocycles. The van der Waals surface area contributed by atoms with Gasteiger partial charge in [0.05, 0.1) is 10.8 Å². The van der Waals surface area contributed by atoms with Crippen LogP contribution in [-0.4, -0.2) is 31.7 Å². The summed E-state index contributed by atoms with van der Waals surface area (Å²) in [7, 11) is -3.41. The standard InChI is InChI=1S/C22H32N2O3S/c1-16(2)14-19-20(22(19,3)4)21(25)23-15-17-8-10-18(11-9-17)28(26,27)24-12-6-5-7-13-24/h8-11,14,19-20H,5-7,12-13,15H2,1-4H3,(H,23,25). The Balaban J connectivity index is 1.59. The van der Waals surface area contributed by atoms with Crippen molar-refractivity contribution in [1.82, 2.24) is 9.62 Å². The van der Waals surface area contributed by atoms with Crippen molar-refractivity contribution in [1.29, 1.82) is 0 Å². The third-order valence-corrected chi connectivity index (χ3v) is 7.96. The van der Waals surface area contributed by atoms with Crippen molar-refractivity contribution >= 4 is 15.9 Å². The first-order valence-electron chi connectivity index (χ1n) is 10.2. The van der Waals surface area contributed by atoms with Gasteiger partial charge in [-0.05, 0) is 55.7 Å². The second-order valence-electron chi connectivity index (χ2n) is 8.90. The minimum Gasteiger partial charge on any atom is -0.352 e. The largest absolute Gasteiger partial charge is 0.352 e. The van der Waals surface area contributed by atoms with E-state index in [1.807, 2.05) is 0 Å². The Morgan fingerprint density at radius 1 is 1.14 bits per heavy atom. The quantitative estimate of drug-likeness (QED) is 0.735. The van der Waals surface area contributed by atoms with Crippen molar-refractivity contribution in [3.8, 4) is 0 Å². The Kier molecular flexibility index (Phi) is 6.01. The molecule has 1 aromatic rings. The molecule has 0 radical (unpaired) electrons. The predicted molar refractivity (Wildman–Crippen MR) is 111 cm³/mol. The molecule has 0 spiro atoms. The van der Waals surface area contributed by atoms with Crippen LogP contribution in [0.3, 0.4) is 0 Å². The van der Waals surface area contributed by atoms with Crippen LogP contribution >= 0.6 is 0 Å². The van der Waals surface area contributed by atoms with E-state index in [0.717, 1.165) is 24.8 Å². The first-order valence-corrected chi connectivity index (χ1v) is 11.6. The van der Waals surface area contributed by atoms with Crippen LogP contribution in [0.25, 0.3) is 0 Å². The second-order valence-corrected chi connectivity index (χ2v) is 10.8. The normalized spacial score (nSPS) is 24.4. The van der Waals surface area contributed by atoms with Crippen LogP contribution in [0, 0.1) is 17.3 Å². The summed E-state index contributed by atoms with van der Waals surface area (Å²) < 4.78 is 27.0. The molecule has 2 aliphatic rings. The third kappa shape index (κ3) is 4.33. The molecule has 1 saturated heterocycles. The van der Waals surface area contributed by atoms with Gasteiger partial charge in [0.25, 0.3) is 0 Å². The fourth-order valence-corrected chi connectivity index (χ4v) is 5.70. The Morgan fingerprint density at radius 2 is 1.75 bits per heavy atom. The fraction of sp³-hybridized carbons (Fsp3) is 0.591. The molecule has 1 aliphatic heterocycles. The van der Waals surface area contributed by atoms with Gasteiger partial charge in [0.15, 0.2) is 0 Å². The molecule has 154 valence electrons. The summed E-state index contributed by atoms with van der Waals surface area (Å²) in [6.07, 6.45) is 5.13. The summed E-state index contributed by atoms with van der Waals surface area (Å²) in [6, 6.07) is 6.89. The average molecular weight is 405 g/mol. The molecular formula is C22H32N2O3S. The van der Waals surface area contributed by atoms with Gasteiger partial charge in [-0.2, -0.15) is 4.31 Å². The molecular weight excluding hydrogens is 372 g/mol. The van der Waals surface area contributed by atoms with Gasteiger partial charge in [0.1, 0.15) is 0 Å². The van der Waals surface area contributed by atoms with Crippen molar-refractivity contribution in [3.63, 3.8) is 0 Å². The maximum Gasteiger partial charge on any atom is 0.243 e. The van der Waals surface area contributed by atoms with Crippen LogP contribution < -0.4 is 5.32 Å². The number of hydrogen-bond acceptors (Lipinski definition) is 3. The number of nitrogens with zero attached hydrogens (tertiary/aromatic N) is 1. The number of rotatable bonds is 6. The van der Waals surface area contributed by atoms with Crippen LogP contribution in [0.15, 0.2) is 40.8 Å². The summed E-state index contributed by atoms with van der Waals surface area (Å²) >= 11 is 0. The number of nitrogens with one attached hydrogen (secondary N) is 1. The highest BCUT2D eigenvalue weighted by molar-refractivity contribution is 7.89. The van der Waals surface area contributed by atoms with Crippen molar-refractivity contribution in [2.24, 2.45) is 17.3 Å². The molecule has 1 heterocycles. The van der Waals surface area contributed by atoms with Gasteiger partial charge in [0.2, 0.25) is 15.9 Å².